The van der Waals surface area contributed by atoms with Gasteiger partial charge in [-0.15, -0.1) is 0 Å². The Hall–Kier alpha value is -1.12. The molecule has 0 atom stereocenters. The van der Waals surface area contributed by atoms with Crippen LogP contribution in [0.3, 0.4) is 0 Å². The lowest BCUT2D eigenvalue weighted by Gasteiger charge is -1.94. The Balaban J connectivity index is 3.72. The number of carbonyl (C=O) groups is 1. The summed E-state index contributed by atoms with van der Waals surface area (Å²) in [6.45, 7) is 5.80. The molecule has 0 radical (unpaired) electrons. The van der Waals surface area contributed by atoms with Crippen LogP contribution in [0.25, 0.3) is 0 Å². The summed E-state index contributed by atoms with van der Waals surface area (Å²) >= 11 is 0. The Bertz CT molecular complexity index is 225. The van der Waals surface area contributed by atoms with Gasteiger partial charge in [0.1, 0.15) is 0 Å². The second-order valence-electron chi connectivity index (χ2n) is 3.19. The third-order valence-electron chi connectivity index (χ3n) is 1.43. The molecule has 0 unspecified atom stereocenters. The van der Waals surface area contributed by atoms with Gasteiger partial charge in [0.05, 0.1) is 0 Å². The molecule has 0 rings (SSSR count). The van der Waals surface area contributed by atoms with E-state index in [2.05, 4.69) is 4.99 Å². The van der Waals surface area contributed by atoms with Gasteiger partial charge in [0.25, 0.3) is 0 Å². The molecule has 0 aliphatic heterocycles. The van der Waals surface area contributed by atoms with E-state index in [1.54, 1.807) is 0 Å². The molecule has 0 bridgehead atoms. The second kappa shape index (κ2) is 6.40. The molecule has 0 saturated heterocycles. The van der Waals surface area contributed by atoms with Gasteiger partial charge in [-0.1, -0.05) is 6.08 Å². The Kier molecular flexibility index (Phi) is 5.85. The molecule has 0 aromatic rings. The van der Waals surface area contributed by atoms with Crippen LogP contribution in [-0.2, 0) is 4.79 Å². The van der Waals surface area contributed by atoms with Crippen LogP contribution in [-0.4, -0.2) is 16.8 Å². The van der Waals surface area contributed by atoms with Gasteiger partial charge >= 0.3 is 5.97 Å². The van der Waals surface area contributed by atoms with E-state index in [4.69, 9.17) is 5.11 Å². The number of allylic oxidation sites excluding steroid dienone is 2. The maximum atomic E-state index is 10.2. The summed E-state index contributed by atoms with van der Waals surface area (Å²) < 4.78 is 0. The minimum Gasteiger partial charge on any atom is -0.481 e. The van der Waals surface area contributed by atoms with Crippen molar-refractivity contribution in [3.8, 4) is 0 Å². The number of hydrogen-bond donors (Lipinski definition) is 1. The van der Waals surface area contributed by atoms with Crippen LogP contribution in [0.2, 0.25) is 0 Å². The molecule has 3 nitrogen and oxygen atoms in total. The number of carboxylic acid groups (broad SMARTS) is 1. The van der Waals surface area contributed by atoms with Crippen molar-refractivity contribution >= 4 is 11.7 Å². The number of rotatable bonds is 5. The number of aliphatic carboxylic acids is 1. The number of aliphatic imine (C=N–C) groups is 1. The van der Waals surface area contributed by atoms with Gasteiger partial charge in [-0.2, -0.15) is 0 Å². The minimum atomic E-state index is -0.735. The van der Waals surface area contributed by atoms with E-state index in [1.165, 1.54) is 0 Å². The van der Waals surface area contributed by atoms with E-state index in [0.29, 0.717) is 6.42 Å². The standard InChI is InChI=1S/C10H17NO2/c1-8(2)11-9(3)6-4-5-7-10(12)13/h6H,4-5,7H2,1-3H3,(H,12,13)/b9-6+. The van der Waals surface area contributed by atoms with Gasteiger partial charge in [-0.3, -0.25) is 9.79 Å². The zero-order chi connectivity index (χ0) is 10.3. The van der Waals surface area contributed by atoms with Crippen LogP contribution in [0.5, 0.6) is 0 Å². The maximum Gasteiger partial charge on any atom is 0.303 e. The highest BCUT2D eigenvalue weighted by molar-refractivity contribution is 5.80. The van der Waals surface area contributed by atoms with Crippen molar-refractivity contribution in [2.45, 2.75) is 40.0 Å². The van der Waals surface area contributed by atoms with Crippen molar-refractivity contribution in [2.75, 3.05) is 0 Å². The summed E-state index contributed by atoms with van der Waals surface area (Å²) in [7, 11) is 0. The Labute approximate surface area is 79.2 Å². The van der Waals surface area contributed by atoms with E-state index in [0.717, 1.165) is 17.8 Å². The third-order valence-corrected chi connectivity index (χ3v) is 1.43. The lowest BCUT2D eigenvalue weighted by molar-refractivity contribution is -0.137. The Morgan fingerprint density at radius 3 is 2.46 bits per heavy atom. The molecule has 0 heterocycles. The predicted molar refractivity (Wildman–Crippen MR) is 54.0 cm³/mol. The molecule has 0 aliphatic carbocycles. The molecule has 13 heavy (non-hydrogen) atoms. The number of hydrogen-bond acceptors (Lipinski definition) is 2. The zero-order valence-corrected chi connectivity index (χ0v) is 8.50. The highest BCUT2D eigenvalue weighted by atomic mass is 16.4. The molecular weight excluding hydrogens is 166 g/mol. The largest absolute Gasteiger partial charge is 0.481 e. The highest BCUT2D eigenvalue weighted by Crippen LogP contribution is 2.02. The first-order valence-corrected chi connectivity index (χ1v) is 4.43. The van der Waals surface area contributed by atoms with Crippen molar-refractivity contribution in [2.24, 2.45) is 4.99 Å². The molecule has 1 N–H and O–H groups in total. The molecule has 0 spiro atoms. The van der Waals surface area contributed by atoms with E-state index >= 15 is 0 Å². The van der Waals surface area contributed by atoms with Gasteiger partial charge in [-0.05, 0) is 33.6 Å². The van der Waals surface area contributed by atoms with Crippen molar-refractivity contribution in [3.05, 3.63) is 11.8 Å². The van der Waals surface area contributed by atoms with E-state index in [-0.39, 0.29) is 6.42 Å². The molecule has 74 valence electrons. The van der Waals surface area contributed by atoms with Crippen LogP contribution >= 0.6 is 0 Å². The molecule has 0 aromatic carbocycles. The van der Waals surface area contributed by atoms with Crippen molar-refractivity contribution in [3.63, 3.8) is 0 Å². The first kappa shape index (κ1) is 11.9. The minimum absolute atomic E-state index is 0.235. The first-order valence-electron chi connectivity index (χ1n) is 4.43. The maximum absolute atomic E-state index is 10.2. The monoisotopic (exact) mass is 183 g/mol. The molecular formula is C10H17NO2. The molecule has 0 amide bonds. The predicted octanol–water partition coefficient (Wildman–Crippen LogP) is 2.63. The number of nitrogens with zero attached hydrogens (tertiary/aromatic N) is 1. The fraction of sp³-hybridized carbons (Fsp3) is 0.600. The second-order valence-corrected chi connectivity index (χ2v) is 3.19. The van der Waals surface area contributed by atoms with Crippen LogP contribution in [0.4, 0.5) is 0 Å². The van der Waals surface area contributed by atoms with Crippen molar-refractivity contribution in [1.29, 1.82) is 0 Å². The number of carboxylic acids is 1. The van der Waals surface area contributed by atoms with Gasteiger partial charge in [0.2, 0.25) is 0 Å². The highest BCUT2D eigenvalue weighted by Gasteiger charge is 1.94. The normalized spacial score (nSPS) is 11.2. The summed E-state index contributed by atoms with van der Waals surface area (Å²) in [6.07, 6.45) is 3.68. The van der Waals surface area contributed by atoms with Crippen LogP contribution < -0.4 is 0 Å². The summed E-state index contributed by atoms with van der Waals surface area (Å²) in [5.41, 5.74) is 1.98. The summed E-state index contributed by atoms with van der Waals surface area (Å²) in [4.78, 5) is 14.4. The fourth-order valence-electron chi connectivity index (χ4n) is 0.963. The zero-order valence-electron chi connectivity index (χ0n) is 8.50. The van der Waals surface area contributed by atoms with Gasteiger partial charge < -0.3 is 5.11 Å². The quantitative estimate of drug-likeness (QED) is 0.526. The van der Waals surface area contributed by atoms with E-state index in [9.17, 15) is 4.79 Å². The average molecular weight is 183 g/mol. The summed E-state index contributed by atoms with van der Waals surface area (Å²) in [5.74, 6) is -0.735. The Morgan fingerprint density at radius 2 is 2.00 bits per heavy atom. The van der Waals surface area contributed by atoms with Crippen LogP contribution in [0.1, 0.15) is 40.0 Å². The van der Waals surface area contributed by atoms with Crippen molar-refractivity contribution in [1.82, 2.24) is 0 Å². The fourth-order valence-corrected chi connectivity index (χ4v) is 0.963. The van der Waals surface area contributed by atoms with E-state index in [1.807, 2.05) is 26.8 Å². The van der Waals surface area contributed by atoms with Crippen LogP contribution in [0, 0.1) is 0 Å². The molecule has 0 saturated carbocycles. The van der Waals surface area contributed by atoms with Gasteiger partial charge in [0.15, 0.2) is 0 Å². The smallest absolute Gasteiger partial charge is 0.303 e. The third kappa shape index (κ3) is 8.79. The lowest BCUT2D eigenvalue weighted by Crippen LogP contribution is -1.92. The first-order chi connectivity index (χ1) is 6.02. The van der Waals surface area contributed by atoms with Gasteiger partial charge in [0, 0.05) is 17.8 Å². The van der Waals surface area contributed by atoms with Gasteiger partial charge in [-0.25, -0.2) is 0 Å². The van der Waals surface area contributed by atoms with Crippen LogP contribution in [0.15, 0.2) is 16.8 Å². The molecule has 0 aromatic heterocycles. The average Bonchev–Trinajstić information content (AvgIpc) is 1.96. The van der Waals surface area contributed by atoms with E-state index < -0.39 is 5.97 Å². The topological polar surface area (TPSA) is 49.7 Å². The summed E-state index contributed by atoms with van der Waals surface area (Å²) in [6, 6.07) is 0. The molecule has 3 heteroatoms. The molecule has 0 aliphatic rings. The van der Waals surface area contributed by atoms with Crippen molar-refractivity contribution < 1.29 is 9.90 Å². The summed E-state index contributed by atoms with van der Waals surface area (Å²) in [5, 5.41) is 8.38. The lowest BCUT2D eigenvalue weighted by atomic mass is 10.2. The SMILES string of the molecule is CC(C)=N/C(C)=C/CCCC(=O)O. The number of unbranched alkanes of at least 4 members (excludes halogenated alkanes) is 1. The molecule has 0 fully saturated rings. The Morgan fingerprint density at radius 1 is 1.38 bits per heavy atom.